The van der Waals surface area contributed by atoms with E-state index >= 15 is 0 Å². The highest BCUT2D eigenvalue weighted by molar-refractivity contribution is 9.11. The minimum Gasteiger partial charge on any atom is -0.396 e. The molecule has 1 unspecified atom stereocenters. The van der Waals surface area contributed by atoms with Crippen molar-refractivity contribution in [2.45, 2.75) is 18.6 Å². The summed E-state index contributed by atoms with van der Waals surface area (Å²) in [5.74, 6) is -4.49. The first-order chi connectivity index (χ1) is 6.64. The Labute approximate surface area is 89.7 Å². The van der Waals surface area contributed by atoms with E-state index in [1.807, 2.05) is 0 Å². The number of nitrogens with two attached hydrogens (primary N) is 1. The van der Waals surface area contributed by atoms with Gasteiger partial charge < -0.3 is 5.73 Å². The maximum atomic E-state index is 13.5. The molecule has 0 saturated carbocycles. The Morgan fingerprint density at radius 1 is 1.47 bits per heavy atom. The first-order valence-electron chi connectivity index (χ1n) is 3.62. The van der Waals surface area contributed by atoms with Crippen molar-refractivity contribution in [3.63, 3.8) is 0 Å². The number of hydrogen-bond acceptors (Lipinski definition) is 2. The Hall–Kier alpha value is -0.630. The van der Waals surface area contributed by atoms with E-state index in [0.29, 0.717) is 0 Å². The predicted octanol–water partition coefficient (Wildman–Crippen LogP) is 3.01. The van der Waals surface area contributed by atoms with Gasteiger partial charge in [0.15, 0.2) is 0 Å². The van der Waals surface area contributed by atoms with Gasteiger partial charge in [0.25, 0.3) is 5.85 Å². The summed E-state index contributed by atoms with van der Waals surface area (Å²) in [7, 11) is 0. The third kappa shape index (κ3) is 2.91. The van der Waals surface area contributed by atoms with Crippen molar-refractivity contribution in [1.29, 1.82) is 0 Å². The normalized spacial score (nSPS) is 28.0. The third-order valence-electron chi connectivity index (χ3n) is 1.62. The average Bonchev–Trinajstić information content (AvgIpc) is 1.95. The van der Waals surface area contributed by atoms with E-state index in [1.165, 1.54) is 0 Å². The van der Waals surface area contributed by atoms with Gasteiger partial charge in [0.1, 0.15) is 5.83 Å². The van der Waals surface area contributed by atoms with Crippen LogP contribution >= 0.6 is 15.9 Å². The van der Waals surface area contributed by atoms with Crippen LogP contribution in [0.25, 0.3) is 0 Å². The van der Waals surface area contributed by atoms with E-state index in [1.54, 1.807) is 0 Å². The minimum atomic E-state index is -5.23. The van der Waals surface area contributed by atoms with Crippen LogP contribution in [0.5, 0.6) is 0 Å². The van der Waals surface area contributed by atoms with Crippen LogP contribution in [0.4, 0.5) is 22.0 Å². The van der Waals surface area contributed by atoms with Crippen LogP contribution in [0.1, 0.15) is 6.42 Å². The van der Waals surface area contributed by atoms with Crippen LogP contribution in [0.2, 0.25) is 0 Å². The van der Waals surface area contributed by atoms with Gasteiger partial charge in [-0.15, -0.1) is 13.2 Å². The van der Waals surface area contributed by atoms with Gasteiger partial charge >= 0.3 is 6.36 Å². The van der Waals surface area contributed by atoms with E-state index in [4.69, 9.17) is 5.73 Å². The summed E-state index contributed by atoms with van der Waals surface area (Å²) in [6.07, 6.45) is -5.65. The summed E-state index contributed by atoms with van der Waals surface area (Å²) >= 11 is 2.63. The van der Waals surface area contributed by atoms with E-state index in [0.717, 1.165) is 6.08 Å². The average molecular weight is 294 g/mol. The zero-order valence-corrected chi connectivity index (χ0v) is 8.62. The Morgan fingerprint density at radius 3 is 2.47 bits per heavy atom. The highest BCUT2D eigenvalue weighted by atomic mass is 79.9. The van der Waals surface area contributed by atoms with E-state index in [2.05, 4.69) is 20.7 Å². The van der Waals surface area contributed by atoms with Gasteiger partial charge in [0.05, 0.1) is 12.1 Å². The zero-order chi connectivity index (χ0) is 11.9. The third-order valence-corrected chi connectivity index (χ3v) is 2.27. The number of ether oxygens (including phenoxy) is 1. The van der Waals surface area contributed by atoms with Crippen molar-refractivity contribution >= 4 is 15.9 Å². The fraction of sp³-hybridized carbons (Fsp3) is 0.429. The lowest BCUT2D eigenvalue weighted by molar-refractivity contribution is -0.384. The molecule has 2 nitrogen and oxygen atoms in total. The van der Waals surface area contributed by atoms with Crippen molar-refractivity contribution in [3.8, 4) is 0 Å². The summed E-state index contributed by atoms with van der Waals surface area (Å²) < 4.78 is 64.6. The second kappa shape index (κ2) is 3.75. The molecule has 15 heavy (non-hydrogen) atoms. The van der Waals surface area contributed by atoms with Gasteiger partial charge in [0, 0.05) is 4.48 Å². The number of alkyl halides is 4. The zero-order valence-electron chi connectivity index (χ0n) is 7.04. The first-order valence-corrected chi connectivity index (χ1v) is 4.41. The van der Waals surface area contributed by atoms with Crippen LogP contribution in [-0.4, -0.2) is 12.2 Å². The summed E-state index contributed by atoms with van der Waals surface area (Å²) in [6, 6.07) is 0. The monoisotopic (exact) mass is 293 g/mol. The second-order valence-electron chi connectivity index (χ2n) is 2.81. The van der Waals surface area contributed by atoms with E-state index in [-0.39, 0.29) is 4.48 Å². The van der Waals surface area contributed by atoms with Crippen LogP contribution in [0.3, 0.4) is 0 Å². The molecule has 1 rings (SSSR count). The van der Waals surface area contributed by atoms with Crippen molar-refractivity contribution in [3.05, 3.63) is 22.1 Å². The Balaban J connectivity index is 3.01. The molecular weight excluding hydrogens is 289 g/mol. The molecule has 0 aromatic carbocycles. The molecule has 2 N–H and O–H groups in total. The SMILES string of the molecule is NC1=C(Br)C=C(F)CC1(F)OC(F)(F)F. The largest absolute Gasteiger partial charge is 0.525 e. The topological polar surface area (TPSA) is 35.2 Å². The van der Waals surface area contributed by atoms with E-state index in [9.17, 15) is 22.0 Å². The predicted molar refractivity (Wildman–Crippen MR) is 44.9 cm³/mol. The smallest absolute Gasteiger partial charge is 0.396 e. The van der Waals surface area contributed by atoms with Crippen molar-refractivity contribution < 1.29 is 26.7 Å². The van der Waals surface area contributed by atoms with Gasteiger partial charge in [-0.25, -0.2) is 13.5 Å². The number of halogens is 6. The number of allylic oxidation sites excluding steroid dienone is 2. The molecule has 0 heterocycles. The molecule has 1 aliphatic carbocycles. The lowest BCUT2D eigenvalue weighted by atomic mass is 10.0. The molecule has 0 fully saturated rings. The van der Waals surface area contributed by atoms with Crippen molar-refractivity contribution in [1.82, 2.24) is 0 Å². The molecule has 1 aliphatic rings. The molecule has 0 aromatic rings. The molecule has 0 radical (unpaired) electrons. The van der Waals surface area contributed by atoms with Crippen LogP contribution in [0, 0.1) is 0 Å². The fourth-order valence-corrected chi connectivity index (χ4v) is 1.58. The molecule has 1 atom stereocenters. The van der Waals surface area contributed by atoms with Gasteiger partial charge in [-0.3, -0.25) is 0 Å². The lowest BCUT2D eigenvalue weighted by Gasteiger charge is -2.29. The summed E-state index contributed by atoms with van der Waals surface area (Å²) in [5.41, 5.74) is 4.20. The quantitative estimate of drug-likeness (QED) is 0.754. The summed E-state index contributed by atoms with van der Waals surface area (Å²) in [5, 5.41) is 0. The molecule has 0 aromatic heterocycles. The second-order valence-corrected chi connectivity index (χ2v) is 3.66. The van der Waals surface area contributed by atoms with Crippen molar-refractivity contribution in [2.75, 3.05) is 0 Å². The summed E-state index contributed by atoms with van der Waals surface area (Å²) in [6.45, 7) is 0. The molecule has 8 heteroatoms. The van der Waals surface area contributed by atoms with Gasteiger partial charge in [-0.05, 0) is 22.0 Å². The van der Waals surface area contributed by atoms with Crippen molar-refractivity contribution in [2.24, 2.45) is 5.73 Å². The molecule has 86 valence electrons. The molecule has 0 bridgehead atoms. The first kappa shape index (κ1) is 12.4. The van der Waals surface area contributed by atoms with Crippen LogP contribution < -0.4 is 5.73 Å². The van der Waals surface area contributed by atoms with E-state index < -0.39 is 30.2 Å². The Bertz CT molecular complexity index is 337. The number of rotatable bonds is 1. The molecular formula is C7H5BrF5NO. The Morgan fingerprint density at radius 2 is 2.00 bits per heavy atom. The van der Waals surface area contributed by atoms with Crippen LogP contribution in [-0.2, 0) is 4.74 Å². The highest BCUT2D eigenvalue weighted by Crippen LogP contribution is 2.41. The minimum absolute atomic E-state index is 0.307. The maximum Gasteiger partial charge on any atom is 0.525 e. The molecule has 0 aliphatic heterocycles. The molecule has 0 spiro atoms. The molecule has 0 saturated heterocycles. The fourth-order valence-electron chi connectivity index (χ4n) is 1.03. The molecule has 0 amide bonds. The Kier molecular flexibility index (Phi) is 3.11. The number of hydrogen-bond donors (Lipinski definition) is 1. The summed E-state index contributed by atoms with van der Waals surface area (Å²) in [4.78, 5) is 0. The van der Waals surface area contributed by atoms with Crippen LogP contribution in [0.15, 0.2) is 22.1 Å². The highest BCUT2D eigenvalue weighted by Gasteiger charge is 2.49. The van der Waals surface area contributed by atoms with Gasteiger partial charge in [-0.1, -0.05) is 0 Å². The maximum absolute atomic E-state index is 13.5. The lowest BCUT2D eigenvalue weighted by Crippen LogP contribution is -2.40. The van der Waals surface area contributed by atoms with Gasteiger partial charge in [-0.2, -0.15) is 0 Å². The van der Waals surface area contributed by atoms with Gasteiger partial charge in [0.2, 0.25) is 0 Å². The standard InChI is InChI=1S/C7H5BrF5NO/c8-4-1-3(9)2-6(10,5(4)14)15-7(11,12)13/h1H,2,14H2.